The van der Waals surface area contributed by atoms with Gasteiger partial charge in [0.15, 0.2) is 0 Å². The average molecular weight is 377 g/mol. The largest absolute Gasteiger partial charge is 0.487 e. The average Bonchev–Trinajstić information content (AvgIpc) is 3.19. The van der Waals surface area contributed by atoms with Gasteiger partial charge in [0, 0.05) is 5.56 Å². The van der Waals surface area contributed by atoms with E-state index in [1.54, 1.807) is 41.5 Å². The Bertz CT molecular complexity index is 667. The highest BCUT2D eigenvalue weighted by molar-refractivity contribution is 5.88. The number of rotatable bonds is 4. The van der Waals surface area contributed by atoms with Crippen molar-refractivity contribution in [1.29, 1.82) is 0 Å². The molecule has 6 nitrogen and oxygen atoms in total. The lowest BCUT2D eigenvalue weighted by molar-refractivity contribution is -0.000390. The van der Waals surface area contributed by atoms with Crippen molar-refractivity contribution in [3.63, 3.8) is 0 Å². The molecule has 0 bridgehead atoms. The normalized spacial score (nSPS) is 15.7. The highest BCUT2D eigenvalue weighted by Gasteiger charge is 2.41. The van der Waals surface area contributed by atoms with E-state index in [1.165, 1.54) is 0 Å². The Morgan fingerprint density at radius 2 is 1.44 bits per heavy atom. The summed E-state index contributed by atoms with van der Waals surface area (Å²) < 4.78 is 16.9. The van der Waals surface area contributed by atoms with Gasteiger partial charge in [-0.25, -0.2) is 14.5 Å². The third-order valence-corrected chi connectivity index (χ3v) is 3.84. The first-order chi connectivity index (χ1) is 12.3. The van der Waals surface area contributed by atoms with Crippen LogP contribution in [0, 0.1) is 0 Å². The highest BCUT2D eigenvalue weighted by atomic mass is 16.6. The van der Waals surface area contributed by atoms with E-state index in [4.69, 9.17) is 14.2 Å². The molecule has 6 heteroatoms. The first-order valence-electron chi connectivity index (χ1n) is 9.28. The number of carbonyl (C=O) groups excluding carboxylic acids is 2. The number of ether oxygens (including phenoxy) is 3. The van der Waals surface area contributed by atoms with Gasteiger partial charge in [0.2, 0.25) is 0 Å². The van der Waals surface area contributed by atoms with Crippen LogP contribution < -0.4 is 4.74 Å². The third-order valence-electron chi connectivity index (χ3n) is 3.84. The Kier molecular flexibility index (Phi) is 5.78. The summed E-state index contributed by atoms with van der Waals surface area (Å²) >= 11 is 0. The summed E-state index contributed by atoms with van der Waals surface area (Å²) in [5.41, 5.74) is -0.898. The fourth-order valence-electron chi connectivity index (χ4n) is 2.29. The number of hydrogen-bond donors (Lipinski definition) is 0. The molecule has 1 aliphatic carbocycles. The molecular formula is C21H31NO5. The van der Waals surface area contributed by atoms with Crippen LogP contribution in [-0.2, 0) is 16.0 Å². The smallest absolute Gasteiger partial charge is 0.420 e. The number of hydrogen-bond acceptors (Lipinski definition) is 5. The van der Waals surface area contributed by atoms with Crippen molar-refractivity contribution in [2.75, 3.05) is 0 Å². The number of benzene rings is 1. The van der Waals surface area contributed by atoms with Crippen molar-refractivity contribution in [3.05, 3.63) is 29.8 Å². The molecule has 0 unspecified atom stereocenters. The number of nitrogens with zero attached hydrogens (tertiary/aromatic N) is 1. The molecule has 0 aliphatic heterocycles. The van der Waals surface area contributed by atoms with Gasteiger partial charge in [-0.3, -0.25) is 0 Å². The van der Waals surface area contributed by atoms with Gasteiger partial charge in [0.1, 0.15) is 22.6 Å². The minimum atomic E-state index is -0.746. The maximum absolute atomic E-state index is 12.7. The molecule has 0 spiro atoms. The number of imide groups is 1. The summed E-state index contributed by atoms with van der Waals surface area (Å²) in [6.07, 6.45) is 0.486. The van der Waals surface area contributed by atoms with Gasteiger partial charge in [0.25, 0.3) is 0 Å². The van der Waals surface area contributed by atoms with E-state index in [9.17, 15) is 9.59 Å². The van der Waals surface area contributed by atoms with Gasteiger partial charge in [0.05, 0.1) is 6.54 Å². The van der Waals surface area contributed by atoms with E-state index in [1.807, 2.05) is 31.2 Å². The molecule has 150 valence electrons. The van der Waals surface area contributed by atoms with E-state index in [0.717, 1.165) is 23.3 Å². The molecule has 0 N–H and O–H groups in total. The molecule has 2 rings (SSSR count). The number of para-hydroxylation sites is 1. The maximum Gasteiger partial charge on any atom is 0.420 e. The van der Waals surface area contributed by atoms with E-state index >= 15 is 0 Å². The van der Waals surface area contributed by atoms with Crippen molar-refractivity contribution in [3.8, 4) is 5.75 Å². The Balaban J connectivity index is 2.26. The predicted octanol–water partition coefficient (Wildman–Crippen LogP) is 5.29. The molecule has 1 aromatic rings. The molecule has 27 heavy (non-hydrogen) atoms. The second-order valence-corrected chi connectivity index (χ2v) is 9.21. The van der Waals surface area contributed by atoms with Crippen molar-refractivity contribution >= 4 is 12.2 Å². The predicted molar refractivity (Wildman–Crippen MR) is 103 cm³/mol. The molecule has 0 heterocycles. The fourth-order valence-corrected chi connectivity index (χ4v) is 2.29. The molecular weight excluding hydrogens is 346 g/mol. The second-order valence-electron chi connectivity index (χ2n) is 9.21. The quantitative estimate of drug-likeness (QED) is 0.713. The van der Waals surface area contributed by atoms with Crippen LogP contribution in [0.25, 0.3) is 0 Å². The Morgan fingerprint density at radius 1 is 0.963 bits per heavy atom. The van der Waals surface area contributed by atoms with Crippen LogP contribution in [0.3, 0.4) is 0 Å². The first kappa shape index (κ1) is 21.1. The standard InChI is InChI=1S/C21H31NO5/c1-19(2,3)26-17(23)22(18(24)27-20(4,5)6)14-15-10-8-9-11-16(15)25-21(7)12-13-21/h8-11H,12-14H2,1-7H3. The molecule has 1 aliphatic rings. The summed E-state index contributed by atoms with van der Waals surface area (Å²) in [5.74, 6) is 0.662. The van der Waals surface area contributed by atoms with Crippen LogP contribution in [0.1, 0.15) is 66.9 Å². The van der Waals surface area contributed by atoms with Crippen LogP contribution in [0.5, 0.6) is 5.75 Å². The number of carbonyl (C=O) groups is 2. The van der Waals surface area contributed by atoms with Crippen molar-refractivity contribution in [1.82, 2.24) is 4.90 Å². The molecule has 1 aromatic carbocycles. The summed E-state index contributed by atoms with van der Waals surface area (Å²) in [7, 11) is 0. The minimum Gasteiger partial charge on any atom is -0.487 e. The van der Waals surface area contributed by atoms with Crippen LogP contribution in [0.4, 0.5) is 9.59 Å². The van der Waals surface area contributed by atoms with E-state index in [-0.39, 0.29) is 12.1 Å². The van der Waals surface area contributed by atoms with E-state index in [2.05, 4.69) is 0 Å². The Morgan fingerprint density at radius 3 is 1.89 bits per heavy atom. The lowest BCUT2D eigenvalue weighted by atomic mass is 10.2. The summed E-state index contributed by atoms with van der Waals surface area (Å²) in [4.78, 5) is 26.3. The first-order valence-corrected chi connectivity index (χ1v) is 9.28. The summed E-state index contributed by atoms with van der Waals surface area (Å²) in [6.45, 7) is 12.6. The summed E-state index contributed by atoms with van der Waals surface area (Å²) in [5, 5.41) is 0. The van der Waals surface area contributed by atoms with Crippen LogP contribution in [0.15, 0.2) is 24.3 Å². The zero-order chi connectivity index (χ0) is 20.5. The van der Waals surface area contributed by atoms with Crippen molar-refractivity contribution in [2.45, 2.75) is 84.7 Å². The fraction of sp³-hybridized carbons (Fsp3) is 0.619. The molecule has 0 atom stereocenters. The minimum absolute atomic E-state index is 0.0100. The van der Waals surface area contributed by atoms with Gasteiger partial charge in [-0.15, -0.1) is 0 Å². The Labute approximate surface area is 161 Å². The van der Waals surface area contributed by atoms with Crippen LogP contribution in [-0.4, -0.2) is 33.9 Å². The SMILES string of the molecule is CC(C)(C)OC(=O)N(Cc1ccccc1OC1(C)CC1)C(=O)OC(C)(C)C. The van der Waals surface area contributed by atoms with E-state index in [0.29, 0.717) is 5.75 Å². The van der Waals surface area contributed by atoms with Crippen molar-refractivity contribution in [2.24, 2.45) is 0 Å². The summed E-state index contributed by atoms with van der Waals surface area (Å²) in [6, 6.07) is 7.40. The van der Waals surface area contributed by atoms with Crippen LogP contribution >= 0.6 is 0 Å². The highest BCUT2D eigenvalue weighted by Crippen LogP contribution is 2.40. The van der Waals surface area contributed by atoms with Gasteiger partial charge >= 0.3 is 12.2 Å². The maximum atomic E-state index is 12.7. The molecule has 1 saturated carbocycles. The zero-order valence-corrected chi connectivity index (χ0v) is 17.4. The number of amides is 2. The van der Waals surface area contributed by atoms with Gasteiger partial charge in [-0.1, -0.05) is 18.2 Å². The molecule has 2 amide bonds. The molecule has 0 aromatic heterocycles. The molecule has 0 radical (unpaired) electrons. The molecule has 0 saturated heterocycles. The molecule has 1 fully saturated rings. The topological polar surface area (TPSA) is 65.1 Å². The van der Waals surface area contributed by atoms with Crippen molar-refractivity contribution < 1.29 is 23.8 Å². The van der Waals surface area contributed by atoms with Gasteiger partial charge < -0.3 is 14.2 Å². The van der Waals surface area contributed by atoms with Crippen LogP contribution in [0.2, 0.25) is 0 Å². The second kappa shape index (κ2) is 7.41. The monoisotopic (exact) mass is 377 g/mol. The Hall–Kier alpha value is -2.24. The van der Waals surface area contributed by atoms with E-state index < -0.39 is 23.4 Å². The van der Waals surface area contributed by atoms with Gasteiger partial charge in [-0.05, 0) is 67.4 Å². The third kappa shape index (κ3) is 6.77. The lowest BCUT2D eigenvalue weighted by Crippen LogP contribution is -2.43. The van der Waals surface area contributed by atoms with Gasteiger partial charge in [-0.2, -0.15) is 0 Å². The lowest BCUT2D eigenvalue weighted by Gasteiger charge is -2.29. The zero-order valence-electron chi connectivity index (χ0n) is 17.4.